The monoisotopic (exact) mass is 475 g/mol. The van der Waals surface area contributed by atoms with Gasteiger partial charge in [0.25, 0.3) is 0 Å². The molecule has 2 N–H and O–H groups in total. The van der Waals surface area contributed by atoms with Gasteiger partial charge in [0.15, 0.2) is 16.6 Å². The molecule has 1 atom stereocenters. The number of aromatic nitrogens is 1. The summed E-state index contributed by atoms with van der Waals surface area (Å²) >= 11 is 5.62. The third-order valence-corrected chi connectivity index (χ3v) is 6.90. The van der Waals surface area contributed by atoms with Crippen LogP contribution in [0.1, 0.15) is 16.8 Å². The van der Waals surface area contributed by atoms with Gasteiger partial charge in [-0.3, -0.25) is 0 Å². The van der Waals surface area contributed by atoms with Crippen molar-refractivity contribution in [3.63, 3.8) is 0 Å². The van der Waals surface area contributed by atoms with Gasteiger partial charge in [0, 0.05) is 29.7 Å². The van der Waals surface area contributed by atoms with Crippen molar-refractivity contribution in [1.29, 1.82) is 0 Å². The van der Waals surface area contributed by atoms with Gasteiger partial charge >= 0.3 is 0 Å². The number of aromatic amines is 1. The zero-order chi connectivity index (χ0) is 22.6. The number of nitrogens with zero attached hydrogens (tertiary/aromatic N) is 1. The second-order valence-corrected chi connectivity index (χ2v) is 9.02. The molecule has 0 spiro atoms. The molecule has 0 amide bonds. The number of H-pyrrole nitrogens is 1. The smallest absolute Gasteiger partial charge is 0.231 e. The number of nitrogens with one attached hydrogen (secondary N) is 2. The lowest BCUT2D eigenvalue weighted by molar-refractivity contribution is 0.174. The van der Waals surface area contributed by atoms with E-state index in [4.69, 9.17) is 21.7 Å². The number of hydrogen-bond donors (Lipinski definition) is 2. The first-order valence-electron chi connectivity index (χ1n) is 11.0. The minimum atomic E-state index is 0.360. The molecule has 1 unspecified atom stereocenters. The predicted octanol–water partition coefficient (Wildman–Crippen LogP) is 4.52. The maximum absolute atomic E-state index is 5.62. The molecule has 33 heavy (non-hydrogen) atoms. The molecule has 0 saturated heterocycles. The Morgan fingerprint density at radius 1 is 0.970 bits per heavy atom. The molecule has 2 aliphatic rings. The molecule has 5 nitrogen and oxygen atoms in total. The third kappa shape index (κ3) is 4.82. The molecular formula is C26H26N3O2PS. The van der Waals surface area contributed by atoms with Gasteiger partial charge in [-0.05, 0) is 53.3 Å². The van der Waals surface area contributed by atoms with Crippen LogP contribution in [0.15, 0.2) is 72.8 Å². The second kappa shape index (κ2) is 9.82. The van der Waals surface area contributed by atoms with Crippen molar-refractivity contribution in [1.82, 2.24) is 15.2 Å². The van der Waals surface area contributed by atoms with Crippen molar-refractivity contribution in [2.75, 3.05) is 13.3 Å². The zero-order valence-corrected chi connectivity index (χ0v) is 20.2. The number of fused-ring (bicyclic) bond motifs is 4. The maximum Gasteiger partial charge on any atom is 0.231 e. The summed E-state index contributed by atoms with van der Waals surface area (Å²) < 4.78 is 10.2. The van der Waals surface area contributed by atoms with Gasteiger partial charge in [0.05, 0.1) is 6.54 Å². The fourth-order valence-corrected chi connectivity index (χ4v) is 4.73. The van der Waals surface area contributed by atoms with Crippen LogP contribution in [-0.4, -0.2) is 28.3 Å². The van der Waals surface area contributed by atoms with Gasteiger partial charge in [-0.25, -0.2) is 0 Å². The Kier molecular flexibility index (Phi) is 6.47. The molecule has 3 heterocycles. The van der Waals surface area contributed by atoms with Crippen LogP contribution in [0.2, 0.25) is 0 Å². The van der Waals surface area contributed by atoms with Gasteiger partial charge in [0.1, 0.15) is 0 Å². The molecule has 7 heteroatoms. The van der Waals surface area contributed by atoms with Crippen LogP contribution in [0.25, 0.3) is 10.9 Å². The lowest BCUT2D eigenvalue weighted by atomic mass is 10.0. The number of benzene rings is 3. The lowest BCUT2D eigenvalue weighted by Crippen LogP contribution is -2.42. The molecule has 6 rings (SSSR count). The van der Waals surface area contributed by atoms with Crippen LogP contribution in [-0.2, 0) is 19.5 Å². The second-order valence-electron chi connectivity index (χ2n) is 8.01. The van der Waals surface area contributed by atoms with E-state index < -0.39 is 0 Å². The molecule has 0 bridgehead atoms. The first-order chi connectivity index (χ1) is 16.2. The number of rotatable bonds is 2. The van der Waals surface area contributed by atoms with Crippen molar-refractivity contribution in [3.05, 3.63) is 89.6 Å². The SMILES string of the molecule is Pc1ccccc1CNC(=S)N1CCc2c([nH]c3ccccc23)C1.c1ccc2c(c1)OCO2. The topological polar surface area (TPSA) is 49.5 Å². The Hall–Kier alpha value is -3.08. The molecule has 4 aromatic rings. The molecule has 3 aromatic carbocycles. The van der Waals surface area contributed by atoms with E-state index in [0.29, 0.717) is 6.79 Å². The Balaban J connectivity index is 0.000000211. The Labute approximate surface area is 201 Å². The highest BCUT2D eigenvalue weighted by atomic mass is 32.1. The highest BCUT2D eigenvalue weighted by Crippen LogP contribution is 2.30. The molecular weight excluding hydrogens is 449 g/mol. The number of hydrogen-bond acceptors (Lipinski definition) is 3. The minimum absolute atomic E-state index is 0.360. The van der Waals surface area contributed by atoms with Crippen molar-refractivity contribution in [3.8, 4) is 11.5 Å². The van der Waals surface area contributed by atoms with Crippen LogP contribution in [0, 0.1) is 0 Å². The Morgan fingerprint density at radius 2 is 1.67 bits per heavy atom. The van der Waals surface area contributed by atoms with Crippen LogP contribution >= 0.6 is 21.5 Å². The van der Waals surface area contributed by atoms with Crippen LogP contribution in [0.3, 0.4) is 0 Å². The van der Waals surface area contributed by atoms with Crippen molar-refractivity contribution < 1.29 is 9.47 Å². The van der Waals surface area contributed by atoms with Crippen molar-refractivity contribution in [2.24, 2.45) is 0 Å². The van der Waals surface area contributed by atoms with Crippen LogP contribution < -0.4 is 20.1 Å². The molecule has 2 aliphatic heterocycles. The summed E-state index contributed by atoms with van der Waals surface area (Å²) in [7, 11) is 2.78. The molecule has 168 valence electrons. The van der Waals surface area contributed by atoms with E-state index in [1.807, 2.05) is 30.3 Å². The van der Waals surface area contributed by atoms with E-state index >= 15 is 0 Å². The average Bonchev–Trinajstić information content (AvgIpc) is 3.48. The van der Waals surface area contributed by atoms with Gasteiger partial charge in [-0.15, -0.1) is 9.24 Å². The molecule has 1 aromatic heterocycles. The highest BCUT2D eigenvalue weighted by Gasteiger charge is 2.21. The third-order valence-electron chi connectivity index (χ3n) is 5.93. The zero-order valence-electron chi connectivity index (χ0n) is 18.2. The number of para-hydroxylation sites is 3. The van der Waals surface area contributed by atoms with Gasteiger partial charge in [-0.1, -0.05) is 54.6 Å². The van der Waals surface area contributed by atoms with E-state index in [0.717, 1.165) is 42.7 Å². The highest BCUT2D eigenvalue weighted by molar-refractivity contribution is 7.80. The maximum atomic E-state index is 5.62. The van der Waals surface area contributed by atoms with E-state index in [-0.39, 0.29) is 0 Å². The Morgan fingerprint density at radius 3 is 2.45 bits per heavy atom. The van der Waals surface area contributed by atoms with E-state index in [2.05, 4.69) is 66.9 Å². The summed E-state index contributed by atoms with van der Waals surface area (Å²) in [6, 6.07) is 24.5. The van der Waals surface area contributed by atoms with Gasteiger partial charge in [0.2, 0.25) is 6.79 Å². The summed E-state index contributed by atoms with van der Waals surface area (Å²) in [6.45, 7) is 2.93. The molecule has 0 saturated carbocycles. The van der Waals surface area contributed by atoms with Gasteiger partial charge in [-0.2, -0.15) is 0 Å². The van der Waals surface area contributed by atoms with Crippen molar-refractivity contribution >= 4 is 42.8 Å². The fourth-order valence-electron chi connectivity index (χ4n) is 4.19. The van der Waals surface area contributed by atoms with Crippen LogP contribution in [0.5, 0.6) is 11.5 Å². The molecule has 0 aliphatic carbocycles. The first-order valence-corrected chi connectivity index (χ1v) is 12.0. The van der Waals surface area contributed by atoms with E-state index in [9.17, 15) is 0 Å². The van der Waals surface area contributed by atoms with Gasteiger partial charge < -0.3 is 24.7 Å². The lowest BCUT2D eigenvalue weighted by Gasteiger charge is -2.29. The van der Waals surface area contributed by atoms with E-state index in [1.165, 1.54) is 33.0 Å². The van der Waals surface area contributed by atoms with Crippen molar-refractivity contribution in [2.45, 2.75) is 19.5 Å². The summed E-state index contributed by atoms with van der Waals surface area (Å²) in [5.41, 5.74) is 5.21. The quantitative estimate of drug-likeness (QED) is 0.330. The summed E-state index contributed by atoms with van der Waals surface area (Å²) in [4.78, 5) is 5.80. The summed E-state index contributed by atoms with van der Waals surface area (Å²) in [6.07, 6.45) is 1.03. The first kappa shape index (κ1) is 21.7. The summed E-state index contributed by atoms with van der Waals surface area (Å²) in [5.74, 6) is 1.69. The van der Waals surface area contributed by atoms with Crippen LogP contribution in [0.4, 0.5) is 0 Å². The molecule has 0 radical (unpaired) electrons. The largest absolute Gasteiger partial charge is 0.454 e. The predicted molar refractivity (Wildman–Crippen MR) is 140 cm³/mol. The molecule has 0 fully saturated rings. The Bertz CT molecular complexity index is 1270. The standard InChI is InChI=1S/C19H20N3PS.C7H6O2/c23-18-8-4-1-5-13(18)11-20-19(24)22-10-9-15-14-6-2-3-7-16(14)21-17(15)12-22;1-2-4-7-6(3-1)8-5-9-7/h1-8,21H,9-12,23H2,(H,20,24);1-4H,5H2. The summed E-state index contributed by atoms with van der Waals surface area (Å²) in [5, 5.41) is 6.79. The number of thiocarbonyl (C=S) groups is 1. The number of ether oxygens (including phenoxy) is 2. The fraction of sp³-hybridized carbons (Fsp3) is 0.192. The minimum Gasteiger partial charge on any atom is -0.454 e. The average molecular weight is 476 g/mol. The normalized spacial score (nSPS) is 13.8. The van der Waals surface area contributed by atoms with E-state index in [1.54, 1.807) is 0 Å².